The Morgan fingerprint density at radius 3 is 2.71 bits per heavy atom. The molecule has 2 heterocycles. The molecule has 0 atom stereocenters. The van der Waals surface area contributed by atoms with Crippen molar-refractivity contribution in [3.05, 3.63) is 41.6 Å². The standard InChI is InChI=1S/C14H13ClFN5/c1-20-6-10(18-7-20)13-11(14(17)21(2)19-13)8-4-3-5-9(15)12(8)16/h3-7H,17H2,1-2H3. The molecule has 0 amide bonds. The molecule has 2 aromatic heterocycles. The van der Waals surface area contributed by atoms with E-state index in [0.29, 0.717) is 28.3 Å². The van der Waals surface area contributed by atoms with Crippen molar-refractivity contribution in [2.75, 3.05) is 5.73 Å². The molecule has 0 aliphatic carbocycles. The van der Waals surface area contributed by atoms with Crippen molar-refractivity contribution in [3.8, 4) is 22.5 Å². The minimum Gasteiger partial charge on any atom is -0.383 e. The lowest BCUT2D eigenvalue weighted by atomic mass is 10.0. The van der Waals surface area contributed by atoms with Crippen LogP contribution in [0.15, 0.2) is 30.7 Å². The first-order valence-electron chi connectivity index (χ1n) is 6.24. The smallest absolute Gasteiger partial charge is 0.149 e. The van der Waals surface area contributed by atoms with Crippen molar-refractivity contribution >= 4 is 17.4 Å². The maximum absolute atomic E-state index is 14.3. The van der Waals surface area contributed by atoms with E-state index in [1.807, 2.05) is 7.05 Å². The lowest BCUT2D eigenvalue weighted by Crippen LogP contribution is -1.98. The topological polar surface area (TPSA) is 61.7 Å². The molecule has 0 bridgehead atoms. The number of aryl methyl sites for hydroxylation is 2. The zero-order valence-corrected chi connectivity index (χ0v) is 12.3. The minimum absolute atomic E-state index is 0.0442. The van der Waals surface area contributed by atoms with Crippen molar-refractivity contribution in [1.82, 2.24) is 19.3 Å². The van der Waals surface area contributed by atoms with Crippen molar-refractivity contribution in [2.45, 2.75) is 0 Å². The van der Waals surface area contributed by atoms with E-state index in [1.165, 1.54) is 10.7 Å². The molecule has 0 saturated carbocycles. The SMILES string of the molecule is Cn1cnc(-c2nn(C)c(N)c2-c2cccc(Cl)c2F)c1. The van der Waals surface area contributed by atoms with Crippen molar-refractivity contribution in [1.29, 1.82) is 0 Å². The van der Waals surface area contributed by atoms with E-state index in [4.69, 9.17) is 17.3 Å². The fourth-order valence-corrected chi connectivity index (χ4v) is 2.39. The summed E-state index contributed by atoms with van der Waals surface area (Å²) in [4.78, 5) is 4.25. The first kappa shape index (κ1) is 13.6. The van der Waals surface area contributed by atoms with Crippen LogP contribution in [0.25, 0.3) is 22.5 Å². The third-order valence-electron chi connectivity index (χ3n) is 3.26. The third-order valence-corrected chi connectivity index (χ3v) is 3.55. The van der Waals surface area contributed by atoms with Gasteiger partial charge in [-0.25, -0.2) is 9.37 Å². The number of imidazole rings is 1. The van der Waals surface area contributed by atoms with Crippen LogP contribution >= 0.6 is 11.6 Å². The maximum Gasteiger partial charge on any atom is 0.149 e. The highest BCUT2D eigenvalue weighted by molar-refractivity contribution is 6.31. The van der Waals surface area contributed by atoms with Crippen molar-refractivity contribution < 1.29 is 4.39 Å². The second-order valence-electron chi connectivity index (χ2n) is 4.76. The third kappa shape index (κ3) is 2.17. The summed E-state index contributed by atoms with van der Waals surface area (Å²) >= 11 is 5.86. The number of halogens is 2. The van der Waals surface area contributed by atoms with Crippen LogP contribution in [-0.2, 0) is 14.1 Å². The van der Waals surface area contributed by atoms with Crippen LogP contribution in [0.3, 0.4) is 0 Å². The Morgan fingerprint density at radius 1 is 1.29 bits per heavy atom. The number of nitrogens with zero attached hydrogens (tertiary/aromatic N) is 4. The van der Waals surface area contributed by atoms with Gasteiger partial charge in [-0.3, -0.25) is 4.68 Å². The van der Waals surface area contributed by atoms with E-state index in [-0.39, 0.29) is 5.02 Å². The summed E-state index contributed by atoms with van der Waals surface area (Å²) in [5.41, 5.74) is 8.01. The van der Waals surface area contributed by atoms with Crippen LogP contribution in [0.4, 0.5) is 10.2 Å². The molecule has 0 fully saturated rings. The molecule has 7 heteroatoms. The van der Waals surface area contributed by atoms with Gasteiger partial charge in [0.05, 0.1) is 16.9 Å². The molecular weight excluding hydrogens is 293 g/mol. The number of nitrogens with two attached hydrogens (primary N) is 1. The highest BCUT2D eigenvalue weighted by Gasteiger charge is 2.22. The van der Waals surface area contributed by atoms with Crippen LogP contribution in [0, 0.1) is 5.82 Å². The van der Waals surface area contributed by atoms with Crippen LogP contribution in [0.5, 0.6) is 0 Å². The number of nitrogen functional groups attached to an aromatic ring is 1. The van der Waals surface area contributed by atoms with Crippen molar-refractivity contribution in [3.63, 3.8) is 0 Å². The monoisotopic (exact) mass is 305 g/mol. The average Bonchev–Trinajstić information content (AvgIpc) is 2.99. The highest BCUT2D eigenvalue weighted by atomic mass is 35.5. The fourth-order valence-electron chi connectivity index (χ4n) is 2.21. The number of hydrogen-bond donors (Lipinski definition) is 1. The Kier molecular flexibility index (Phi) is 3.17. The Labute approximate surface area is 125 Å². The largest absolute Gasteiger partial charge is 0.383 e. The molecular formula is C14H13ClFN5. The second kappa shape index (κ2) is 4.89. The Bertz CT molecular complexity index is 821. The summed E-state index contributed by atoms with van der Waals surface area (Å²) in [6.07, 6.45) is 3.45. The summed E-state index contributed by atoms with van der Waals surface area (Å²) in [5, 5.41) is 4.39. The second-order valence-corrected chi connectivity index (χ2v) is 5.17. The van der Waals surface area contributed by atoms with Gasteiger partial charge < -0.3 is 10.3 Å². The number of rotatable bonds is 2. The van der Waals surface area contributed by atoms with Gasteiger partial charge >= 0.3 is 0 Å². The van der Waals surface area contributed by atoms with Gasteiger partial charge in [-0.2, -0.15) is 5.10 Å². The predicted molar refractivity (Wildman–Crippen MR) is 80.2 cm³/mol. The highest BCUT2D eigenvalue weighted by Crippen LogP contribution is 2.38. The molecule has 0 saturated heterocycles. The summed E-state index contributed by atoms with van der Waals surface area (Å²) in [6.45, 7) is 0. The predicted octanol–water partition coefficient (Wildman–Crippen LogP) is 2.86. The van der Waals surface area contributed by atoms with Crippen LogP contribution in [0.2, 0.25) is 5.02 Å². The summed E-state index contributed by atoms with van der Waals surface area (Å²) in [6, 6.07) is 4.80. The van der Waals surface area contributed by atoms with Gasteiger partial charge in [-0.15, -0.1) is 0 Å². The summed E-state index contributed by atoms with van der Waals surface area (Å²) in [7, 11) is 3.55. The van der Waals surface area contributed by atoms with Gasteiger partial charge in [0.1, 0.15) is 23.0 Å². The molecule has 108 valence electrons. The molecule has 3 aromatic rings. The van der Waals surface area contributed by atoms with Gasteiger partial charge in [0.25, 0.3) is 0 Å². The summed E-state index contributed by atoms with van der Waals surface area (Å²) < 4.78 is 17.6. The van der Waals surface area contributed by atoms with E-state index in [2.05, 4.69) is 10.1 Å². The normalized spacial score (nSPS) is 11.0. The molecule has 0 spiro atoms. The first-order valence-corrected chi connectivity index (χ1v) is 6.62. The van der Waals surface area contributed by atoms with Crippen LogP contribution < -0.4 is 5.73 Å². The van der Waals surface area contributed by atoms with Crippen LogP contribution in [-0.4, -0.2) is 19.3 Å². The number of hydrogen-bond acceptors (Lipinski definition) is 3. The number of anilines is 1. The first-order chi connectivity index (χ1) is 9.99. The Balaban J connectivity index is 2.29. The van der Waals surface area contributed by atoms with Crippen LogP contribution in [0.1, 0.15) is 0 Å². The molecule has 1 aromatic carbocycles. The molecule has 21 heavy (non-hydrogen) atoms. The fraction of sp³-hybridized carbons (Fsp3) is 0.143. The number of benzene rings is 1. The quantitative estimate of drug-likeness (QED) is 0.792. The van der Waals surface area contributed by atoms with Crippen molar-refractivity contribution in [2.24, 2.45) is 14.1 Å². The van der Waals surface area contributed by atoms with Gasteiger partial charge in [0, 0.05) is 25.9 Å². The molecule has 0 radical (unpaired) electrons. The molecule has 0 aliphatic heterocycles. The van der Waals surface area contributed by atoms with Gasteiger partial charge in [0.15, 0.2) is 0 Å². The zero-order valence-electron chi connectivity index (χ0n) is 11.5. The molecule has 2 N–H and O–H groups in total. The maximum atomic E-state index is 14.3. The summed E-state index contributed by atoms with van der Waals surface area (Å²) in [5.74, 6) is -0.159. The van der Waals surface area contributed by atoms with Gasteiger partial charge in [-0.05, 0) is 6.07 Å². The Morgan fingerprint density at radius 2 is 2.05 bits per heavy atom. The minimum atomic E-state index is -0.518. The number of aromatic nitrogens is 4. The molecule has 3 rings (SSSR count). The lowest BCUT2D eigenvalue weighted by Gasteiger charge is -2.05. The van der Waals surface area contributed by atoms with Gasteiger partial charge in [-0.1, -0.05) is 23.7 Å². The zero-order chi connectivity index (χ0) is 15.1. The molecule has 0 aliphatic rings. The lowest BCUT2D eigenvalue weighted by molar-refractivity contribution is 0.632. The van der Waals surface area contributed by atoms with Gasteiger partial charge in [0.2, 0.25) is 0 Å². The van der Waals surface area contributed by atoms with E-state index in [0.717, 1.165) is 0 Å². The molecule has 0 unspecified atom stereocenters. The van der Waals surface area contributed by atoms with E-state index >= 15 is 0 Å². The van der Waals surface area contributed by atoms with E-state index < -0.39 is 5.82 Å². The molecule has 5 nitrogen and oxygen atoms in total. The Hall–Kier alpha value is -2.34. The van der Waals surface area contributed by atoms with E-state index in [9.17, 15) is 4.39 Å². The van der Waals surface area contributed by atoms with E-state index in [1.54, 1.807) is 36.3 Å². The average molecular weight is 306 g/mol.